The van der Waals surface area contributed by atoms with Gasteiger partial charge in [-0.2, -0.15) is 5.10 Å². The molecule has 0 aliphatic heterocycles. The molecular formula is C6H4N3SY-. The molecule has 2 rings (SSSR count). The van der Waals surface area contributed by atoms with Gasteiger partial charge in [-0.3, -0.25) is 5.10 Å². The molecule has 2 heterocycles. The van der Waals surface area contributed by atoms with Crippen LogP contribution in [0.3, 0.4) is 0 Å². The van der Waals surface area contributed by atoms with Crippen LogP contribution in [0.4, 0.5) is 0 Å². The molecule has 0 N–H and O–H groups in total. The number of hydrogen-bond acceptors (Lipinski definition) is 4. The van der Waals surface area contributed by atoms with Crippen molar-refractivity contribution >= 4 is 21.6 Å². The largest absolute Gasteiger partial charge is 0.266 e. The zero-order chi connectivity index (χ0) is 6.97. The van der Waals surface area contributed by atoms with Crippen LogP contribution in [0.2, 0.25) is 0 Å². The van der Waals surface area contributed by atoms with E-state index in [2.05, 4.69) is 20.8 Å². The summed E-state index contributed by atoms with van der Waals surface area (Å²) in [5.74, 6) is 0. The maximum Gasteiger partial charge on any atom is 0 e. The summed E-state index contributed by atoms with van der Waals surface area (Å²) in [6, 6.07) is 0. The van der Waals surface area contributed by atoms with Gasteiger partial charge in [-0.05, 0) is 18.8 Å². The van der Waals surface area contributed by atoms with Crippen LogP contribution in [0, 0.1) is 13.1 Å². The van der Waals surface area contributed by atoms with Crippen molar-refractivity contribution in [3.8, 4) is 0 Å². The van der Waals surface area contributed by atoms with E-state index in [1.807, 2.05) is 6.92 Å². The fourth-order valence-electron chi connectivity index (χ4n) is 0.770. The van der Waals surface area contributed by atoms with Crippen LogP contribution < -0.4 is 0 Å². The minimum atomic E-state index is 0. The van der Waals surface area contributed by atoms with Gasteiger partial charge in [-0.25, -0.2) is 4.37 Å². The van der Waals surface area contributed by atoms with Gasteiger partial charge in [0, 0.05) is 32.7 Å². The Labute approximate surface area is 93.3 Å². The first-order valence-corrected chi connectivity index (χ1v) is 3.60. The Balaban J connectivity index is 0.000000605. The molecule has 0 spiro atoms. The average Bonchev–Trinajstić information content (AvgIpc) is 2.34. The molecular weight excluding hydrogens is 235 g/mol. The molecule has 0 aliphatic carbocycles. The van der Waals surface area contributed by atoms with E-state index < -0.39 is 0 Å². The molecule has 0 atom stereocenters. The van der Waals surface area contributed by atoms with E-state index in [1.165, 1.54) is 11.5 Å². The zero-order valence-electron chi connectivity index (χ0n) is 5.90. The van der Waals surface area contributed by atoms with Crippen molar-refractivity contribution in [3.63, 3.8) is 0 Å². The van der Waals surface area contributed by atoms with Crippen molar-refractivity contribution < 1.29 is 32.7 Å². The predicted molar refractivity (Wildman–Crippen MR) is 38.8 cm³/mol. The fraction of sp³-hybridized carbons (Fsp3) is 0.167. The molecule has 0 unspecified atom stereocenters. The van der Waals surface area contributed by atoms with Gasteiger partial charge in [0.2, 0.25) is 0 Å². The van der Waals surface area contributed by atoms with Crippen molar-refractivity contribution in [2.24, 2.45) is 0 Å². The van der Waals surface area contributed by atoms with E-state index >= 15 is 0 Å². The van der Waals surface area contributed by atoms with Crippen molar-refractivity contribution in [1.29, 1.82) is 0 Å². The third-order valence-corrected chi connectivity index (χ3v) is 2.16. The van der Waals surface area contributed by atoms with Crippen LogP contribution in [-0.2, 0) is 32.7 Å². The molecule has 11 heavy (non-hydrogen) atoms. The Morgan fingerprint density at radius 1 is 1.55 bits per heavy atom. The van der Waals surface area contributed by atoms with Crippen molar-refractivity contribution in [1.82, 2.24) is 14.6 Å². The summed E-state index contributed by atoms with van der Waals surface area (Å²) in [4.78, 5) is 0. The number of fused-ring (bicyclic) bond motifs is 1. The predicted octanol–water partition coefficient (Wildman–Crippen LogP) is 1.19. The monoisotopic (exact) mass is 239 g/mol. The SMILES string of the molecule is Cc1nsc2[c-]nncc12.[Y]. The molecule has 0 saturated heterocycles. The minimum absolute atomic E-state index is 0. The van der Waals surface area contributed by atoms with E-state index in [9.17, 15) is 0 Å². The summed E-state index contributed by atoms with van der Waals surface area (Å²) < 4.78 is 5.11. The zero-order valence-corrected chi connectivity index (χ0v) is 9.56. The summed E-state index contributed by atoms with van der Waals surface area (Å²) in [5.41, 5.74) is 1.01. The first kappa shape index (κ1) is 9.16. The standard InChI is InChI=1S/C6H4N3S.Y/c1-4-5-2-7-8-3-6(5)10-9-4;/h2H,1H3;/q-1;. The summed E-state index contributed by atoms with van der Waals surface area (Å²) in [7, 11) is 0. The van der Waals surface area contributed by atoms with Gasteiger partial charge in [0.1, 0.15) is 0 Å². The Hall–Kier alpha value is 0.0739. The molecule has 0 amide bonds. The molecule has 2 aromatic rings. The van der Waals surface area contributed by atoms with Gasteiger partial charge >= 0.3 is 0 Å². The number of hydrogen-bond donors (Lipinski definition) is 0. The number of aromatic nitrogens is 3. The van der Waals surface area contributed by atoms with E-state index in [-0.39, 0.29) is 32.7 Å². The van der Waals surface area contributed by atoms with Gasteiger partial charge < -0.3 is 0 Å². The molecule has 0 aliphatic rings. The maximum atomic E-state index is 4.13. The van der Waals surface area contributed by atoms with Crippen molar-refractivity contribution in [3.05, 3.63) is 18.1 Å². The molecule has 3 nitrogen and oxygen atoms in total. The molecule has 0 aromatic carbocycles. The van der Waals surface area contributed by atoms with E-state index in [1.54, 1.807) is 6.20 Å². The van der Waals surface area contributed by atoms with E-state index in [0.29, 0.717) is 0 Å². The van der Waals surface area contributed by atoms with E-state index in [4.69, 9.17) is 0 Å². The van der Waals surface area contributed by atoms with Crippen molar-refractivity contribution in [2.75, 3.05) is 0 Å². The molecule has 2 aromatic heterocycles. The van der Waals surface area contributed by atoms with Crippen LogP contribution >= 0.6 is 11.5 Å². The van der Waals surface area contributed by atoms with E-state index in [0.717, 1.165) is 15.8 Å². The molecule has 53 valence electrons. The van der Waals surface area contributed by atoms with Gasteiger partial charge in [0.25, 0.3) is 0 Å². The number of rotatable bonds is 0. The second kappa shape index (κ2) is 3.65. The van der Waals surface area contributed by atoms with Gasteiger partial charge in [0.15, 0.2) is 0 Å². The Morgan fingerprint density at radius 3 is 3.09 bits per heavy atom. The molecule has 0 bridgehead atoms. The second-order valence-electron chi connectivity index (χ2n) is 1.97. The summed E-state index contributed by atoms with van der Waals surface area (Å²) in [6.45, 7) is 1.95. The quantitative estimate of drug-likeness (QED) is 0.648. The molecule has 1 radical (unpaired) electrons. The topological polar surface area (TPSA) is 38.7 Å². The molecule has 0 saturated carbocycles. The Morgan fingerprint density at radius 2 is 2.36 bits per heavy atom. The van der Waals surface area contributed by atoms with Crippen LogP contribution in [0.25, 0.3) is 10.1 Å². The van der Waals surface area contributed by atoms with Crippen LogP contribution in [0.15, 0.2) is 6.20 Å². The second-order valence-corrected chi connectivity index (χ2v) is 2.74. The minimum Gasteiger partial charge on any atom is -0.266 e. The van der Waals surface area contributed by atoms with Crippen LogP contribution in [-0.4, -0.2) is 14.6 Å². The third-order valence-electron chi connectivity index (χ3n) is 1.30. The summed E-state index contributed by atoms with van der Waals surface area (Å²) >= 11 is 1.41. The summed E-state index contributed by atoms with van der Waals surface area (Å²) in [5, 5.41) is 8.38. The maximum absolute atomic E-state index is 4.13. The van der Waals surface area contributed by atoms with Gasteiger partial charge in [-0.15, -0.1) is 11.6 Å². The van der Waals surface area contributed by atoms with Crippen LogP contribution in [0.1, 0.15) is 5.69 Å². The third kappa shape index (κ3) is 1.63. The first-order chi connectivity index (χ1) is 4.88. The Bertz CT molecular complexity index is 359. The van der Waals surface area contributed by atoms with Crippen LogP contribution in [0.5, 0.6) is 0 Å². The number of aryl methyl sites for hydroxylation is 1. The normalized spacial score (nSPS) is 9.55. The number of nitrogens with zero attached hydrogens (tertiary/aromatic N) is 3. The van der Waals surface area contributed by atoms with Gasteiger partial charge in [0.05, 0.1) is 0 Å². The van der Waals surface area contributed by atoms with Gasteiger partial charge in [-0.1, -0.05) is 16.2 Å². The Kier molecular flexibility index (Phi) is 3.04. The van der Waals surface area contributed by atoms with Crippen molar-refractivity contribution in [2.45, 2.75) is 6.92 Å². The first-order valence-electron chi connectivity index (χ1n) is 2.83. The molecule has 0 fully saturated rings. The average molecular weight is 239 g/mol. The summed E-state index contributed by atoms with van der Waals surface area (Å²) in [6.07, 6.45) is 4.48. The molecule has 5 heteroatoms. The smallest absolute Gasteiger partial charge is 0 e. The fourth-order valence-corrected chi connectivity index (χ4v) is 1.48.